The number of thiophene rings is 1. The van der Waals surface area contributed by atoms with Crippen molar-refractivity contribution >= 4 is 11.3 Å². The Kier molecular flexibility index (Phi) is 5.20. The molecule has 94 valence electrons. The number of nitrogens with one attached hydrogen (secondary N) is 1. The zero-order valence-corrected chi connectivity index (χ0v) is 12.0. The van der Waals surface area contributed by atoms with Crippen LogP contribution in [0, 0.1) is 12.3 Å². The number of hydrogen-bond donors (Lipinski definition) is 1. The van der Waals surface area contributed by atoms with E-state index in [2.05, 4.69) is 49.0 Å². The van der Waals surface area contributed by atoms with Crippen molar-refractivity contribution < 1.29 is 0 Å². The second-order valence-corrected chi connectivity index (χ2v) is 6.60. The Morgan fingerprint density at radius 1 is 1.35 bits per heavy atom. The van der Waals surface area contributed by atoms with Gasteiger partial charge in [-0.15, -0.1) is 17.8 Å². The summed E-state index contributed by atoms with van der Waals surface area (Å²) in [7, 11) is 2.05. The van der Waals surface area contributed by atoms with E-state index in [1.165, 1.54) is 9.75 Å². The molecule has 0 amide bonds. The Morgan fingerprint density at radius 2 is 2.00 bits per heavy atom. The summed E-state index contributed by atoms with van der Waals surface area (Å²) in [6, 6.07) is 4.39. The summed E-state index contributed by atoms with van der Waals surface area (Å²) in [6.07, 6.45) is 5.29. The Hall–Kier alpha value is -0.820. The Balaban J connectivity index is 2.46. The lowest BCUT2D eigenvalue weighted by molar-refractivity contribution is 0.372. The molecule has 0 aliphatic rings. The van der Waals surface area contributed by atoms with Crippen molar-refractivity contribution in [2.45, 2.75) is 39.4 Å². The third-order valence-electron chi connectivity index (χ3n) is 2.30. The molecular formula is C14H22N2S. The van der Waals surface area contributed by atoms with Crippen molar-refractivity contribution in [1.82, 2.24) is 10.2 Å². The number of rotatable bonds is 5. The van der Waals surface area contributed by atoms with Crippen molar-refractivity contribution in [3.8, 4) is 12.3 Å². The molecule has 0 saturated heterocycles. The summed E-state index contributed by atoms with van der Waals surface area (Å²) in [5.74, 6) is 2.66. The Morgan fingerprint density at radius 3 is 2.59 bits per heavy atom. The standard InChI is InChI=1S/C14H22N2S/c1-6-9-16(5)11-13-8-7-12(17-13)10-15-14(2,3)4/h1,7-8,15H,9-11H2,2-5H3. The van der Waals surface area contributed by atoms with E-state index < -0.39 is 0 Å². The van der Waals surface area contributed by atoms with Crippen LogP contribution in [0.4, 0.5) is 0 Å². The summed E-state index contributed by atoms with van der Waals surface area (Å²) in [4.78, 5) is 4.89. The molecule has 0 atom stereocenters. The zero-order chi connectivity index (χ0) is 12.9. The van der Waals surface area contributed by atoms with Crippen LogP contribution in [0.5, 0.6) is 0 Å². The Labute approximate surface area is 109 Å². The highest BCUT2D eigenvalue weighted by atomic mass is 32.1. The van der Waals surface area contributed by atoms with E-state index in [-0.39, 0.29) is 5.54 Å². The highest BCUT2D eigenvalue weighted by Crippen LogP contribution is 2.18. The van der Waals surface area contributed by atoms with Gasteiger partial charge in [0.2, 0.25) is 0 Å². The van der Waals surface area contributed by atoms with Crippen LogP contribution in [0.2, 0.25) is 0 Å². The van der Waals surface area contributed by atoms with Gasteiger partial charge in [0, 0.05) is 28.4 Å². The van der Waals surface area contributed by atoms with E-state index >= 15 is 0 Å². The van der Waals surface area contributed by atoms with E-state index in [4.69, 9.17) is 6.42 Å². The van der Waals surface area contributed by atoms with Crippen LogP contribution in [0.3, 0.4) is 0 Å². The molecule has 0 aliphatic carbocycles. The van der Waals surface area contributed by atoms with Gasteiger partial charge in [0.15, 0.2) is 0 Å². The van der Waals surface area contributed by atoms with Gasteiger partial charge in [-0.3, -0.25) is 4.90 Å². The molecule has 1 rings (SSSR count). The summed E-state index contributed by atoms with van der Waals surface area (Å²) < 4.78 is 0. The molecule has 0 bridgehead atoms. The molecule has 17 heavy (non-hydrogen) atoms. The van der Waals surface area contributed by atoms with Gasteiger partial charge in [-0.25, -0.2) is 0 Å². The average molecular weight is 250 g/mol. The van der Waals surface area contributed by atoms with E-state index in [9.17, 15) is 0 Å². The van der Waals surface area contributed by atoms with E-state index in [0.717, 1.165) is 13.1 Å². The van der Waals surface area contributed by atoms with Crippen LogP contribution in [0.15, 0.2) is 12.1 Å². The van der Waals surface area contributed by atoms with Crippen LogP contribution in [-0.2, 0) is 13.1 Å². The first kappa shape index (κ1) is 14.2. The summed E-state index contributed by atoms with van der Waals surface area (Å²) in [5.41, 5.74) is 0.171. The zero-order valence-electron chi connectivity index (χ0n) is 11.2. The van der Waals surface area contributed by atoms with Crippen LogP contribution < -0.4 is 5.32 Å². The normalized spacial score (nSPS) is 11.8. The molecule has 2 nitrogen and oxygen atoms in total. The smallest absolute Gasteiger partial charge is 0.0599 e. The van der Waals surface area contributed by atoms with Crippen molar-refractivity contribution in [1.29, 1.82) is 0 Å². The van der Waals surface area contributed by atoms with Gasteiger partial charge < -0.3 is 5.32 Å². The van der Waals surface area contributed by atoms with Gasteiger partial charge in [-0.05, 0) is 40.0 Å². The fourth-order valence-electron chi connectivity index (χ4n) is 1.43. The number of terminal acetylenes is 1. The van der Waals surface area contributed by atoms with Crippen molar-refractivity contribution in [3.05, 3.63) is 21.9 Å². The first-order chi connectivity index (χ1) is 7.90. The van der Waals surface area contributed by atoms with Gasteiger partial charge in [-0.2, -0.15) is 0 Å². The summed E-state index contributed by atoms with van der Waals surface area (Å²) in [6.45, 7) is 9.12. The third kappa shape index (κ3) is 5.88. The molecule has 1 heterocycles. The minimum Gasteiger partial charge on any atom is -0.307 e. The monoisotopic (exact) mass is 250 g/mol. The minimum atomic E-state index is 0.171. The molecule has 0 unspecified atom stereocenters. The predicted octanol–water partition coefficient (Wildman–Crippen LogP) is 2.70. The molecule has 0 aromatic carbocycles. The molecule has 3 heteroatoms. The topological polar surface area (TPSA) is 15.3 Å². The lowest BCUT2D eigenvalue weighted by Crippen LogP contribution is -2.34. The van der Waals surface area contributed by atoms with Crippen LogP contribution in [-0.4, -0.2) is 24.0 Å². The minimum absolute atomic E-state index is 0.171. The molecule has 0 fully saturated rings. The van der Waals surface area contributed by atoms with Gasteiger partial charge in [0.05, 0.1) is 6.54 Å². The van der Waals surface area contributed by atoms with Gasteiger partial charge >= 0.3 is 0 Å². The molecule has 0 saturated carbocycles. The molecule has 1 N–H and O–H groups in total. The highest BCUT2D eigenvalue weighted by molar-refractivity contribution is 7.11. The maximum absolute atomic E-state index is 5.29. The summed E-state index contributed by atoms with van der Waals surface area (Å²) >= 11 is 1.85. The first-order valence-electron chi connectivity index (χ1n) is 5.85. The predicted molar refractivity (Wildman–Crippen MR) is 76.1 cm³/mol. The molecule has 0 aliphatic heterocycles. The van der Waals surface area contributed by atoms with Gasteiger partial charge in [-0.1, -0.05) is 5.92 Å². The third-order valence-corrected chi connectivity index (χ3v) is 3.37. The average Bonchev–Trinajstić information content (AvgIpc) is 2.62. The maximum atomic E-state index is 5.29. The van der Waals surface area contributed by atoms with Crippen LogP contribution in [0.1, 0.15) is 30.5 Å². The SMILES string of the molecule is C#CCN(C)Cc1ccc(CNC(C)(C)C)s1. The van der Waals surface area contributed by atoms with Crippen LogP contribution >= 0.6 is 11.3 Å². The lowest BCUT2D eigenvalue weighted by atomic mass is 10.1. The van der Waals surface area contributed by atoms with E-state index in [1.807, 2.05) is 18.4 Å². The maximum Gasteiger partial charge on any atom is 0.0599 e. The second kappa shape index (κ2) is 6.20. The molecular weight excluding hydrogens is 228 g/mol. The number of hydrogen-bond acceptors (Lipinski definition) is 3. The summed E-state index contributed by atoms with van der Waals surface area (Å²) in [5, 5.41) is 3.49. The fourth-order valence-corrected chi connectivity index (χ4v) is 2.47. The van der Waals surface area contributed by atoms with Gasteiger partial charge in [0.25, 0.3) is 0 Å². The van der Waals surface area contributed by atoms with Crippen molar-refractivity contribution in [2.75, 3.05) is 13.6 Å². The van der Waals surface area contributed by atoms with Gasteiger partial charge in [0.1, 0.15) is 0 Å². The molecule has 1 aromatic heterocycles. The highest BCUT2D eigenvalue weighted by Gasteiger charge is 2.09. The molecule has 0 radical (unpaired) electrons. The Bertz CT molecular complexity index is 382. The first-order valence-corrected chi connectivity index (χ1v) is 6.67. The lowest BCUT2D eigenvalue weighted by Gasteiger charge is -2.19. The fraction of sp³-hybridized carbons (Fsp3) is 0.571. The van der Waals surface area contributed by atoms with E-state index in [1.54, 1.807) is 0 Å². The second-order valence-electron chi connectivity index (χ2n) is 5.35. The van der Waals surface area contributed by atoms with Crippen LogP contribution in [0.25, 0.3) is 0 Å². The quantitative estimate of drug-likeness (QED) is 0.808. The van der Waals surface area contributed by atoms with Crippen molar-refractivity contribution in [3.63, 3.8) is 0 Å². The molecule has 1 aromatic rings. The van der Waals surface area contributed by atoms with E-state index in [0.29, 0.717) is 6.54 Å². The number of nitrogens with zero attached hydrogens (tertiary/aromatic N) is 1. The van der Waals surface area contributed by atoms with Crippen molar-refractivity contribution in [2.24, 2.45) is 0 Å². The molecule has 0 spiro atoms. The largest absolute Gasteiger partial charge is 0.307 e.